The van der Waals surface area contributed by atoms with Gasteiger partial charge in [0, 0.05) is 6.54 Å². The van der Waals surface area contributed by atoms with Gasteiger partial charge in [0.1, 0.15) is 0 Å². The van der Waals surface area contributed by atoms with E-state index in [0.717, 1.165) is 32.4 Å². The molecule has 0 amide bonds. The summed E-state index contributed by atoms with van der Waals surface area (Å²) >= 11 is 0. The molecule has 0 aromatic heterocycles. The third-order valence-electron chi connectivity index (χ3n) is 4.15. The van der Waals surface area contributed by atoms with Crippen LogP contribution in [0.2, 0.25) is 0 Å². The molecule has 1 saturated heterocycles. The van der Waals surface area contributed by atoms with Crippen LogP contribution in [0.25, 0.3) is 0 Å². The lowest BCUT2D eigenvalue weighted by molar-refractivity contribution is 0.0168. The Bertz CT molecular complexity index is 492. The molecule has 1 spiro atoms. The summed E-state index contributed by atoms with van der Waals surface area (Å²) in [7, 11) is 1.42. The van der Waals surface area contributed by atoms with Crippen LogP contribution in [0.3, 0.4) is 0 Å². The fourth-order valence-corrected chi connectivity index (χ4v) is 3.19. The summed E-state index contributed by atoms with van der Waals surface area (Å²) in [4.78, 5) is 11.7. The van der Waals surface area contributed by atoms with Gasteiger partial charge >= 0.3 is 5.97 Å². The summed E-state index contributed by atoms with van der Waals surface area (Å²) in [5.74, 6) is -0.278. The first-order valence-corrected chi connectivity index (χ1v) is 6.80. The number of hydrogen-bond acceptors (Lipinski definition) is 4. The van der Waals surface area contributed by atoms with E-state index < -0.39 is 0 Å². The predicted octanol–water partition coefficient (Wildman–Crippen LogP) is 1.62. The molecule has 1 atom stereocenters. The van der Waals surface area contributed by atoms with Gasteiger partial charge in [-0.1, -0.05) is 6.07 Å². The Kier molecular flexibility index (Phi) is 3.29. The lowest BCUT2D eigenvalue weighted by Crippen LogP contribution is -2.53. The van der Waals surface area contributed by atoms with Crippen LogP contribution < -0.4 is 5.32 Å². The minimum atomic E-state index is -0.278. The van der Waals surface area contributed by atoms with Crippen molar-refractivity contribution in [3.05, 3.63) is 34.9 Å². The first-order valence-electron chi connectivity index (χ1n) is 6.80. The van der Waals surface area contributed by atoms with E-state index in [0.29, 0.717) is 12.2 Å². The fraction of sp³-hybridized carbons (Fsp3) is 0.533. The highest BCUT2D eigenvalue weighted by Gasteiger charge is 2.38. The minimum Gasteiger partial charge on any atom is -0.465 e. The highest BCUT2D eigenvalue weighted by molar-refractivity contribution is 5.89. The molecule has 1 aromatic rings. The van der Waals surface area contributed by atoms with Gasteiger partial charge in [-0.15, -0.1) is 0 Å². The maximum absolute atomic E-state index is 11.7. The average molecular weight is 261 g/mol. The Morgan fingerprint density at radius 1 is 1.47 bits per heavy atom. The zero-order valence-corrected chi connectivity index (χ0v) is 11.2. The molecule has 1 aliphatic carbocycles. The van der Waals surface area contributed by atoms with Crippen molar-refractivity contribution in [2.45, 2.75) is 24.8 Å². The number of morpholine rings is 1. The summed E-state index contributed by atoms with van der Waals surface area (Å²) in [5.41, 5.74) is 3.03. The van der Waals surface area contributed by atoms with Crippen molar-refractivity contribution in [1.29, 1.82) is 0 Å². The normalized spacial score (nSPS) is 25.9. The van der Waals surface area contributed by atoms with Gasteiger partial charge in [0.2, 0.25) is 0 Å². The van der Waals surface area contributed by atoms with E-state index in [4.69, 9.17) is 9.47 Å². The molecule has 1 fully saturated rings. The van der Waals surface area contributed by atoms with E-state index in [1.807, 2.05) is 12.1 Å². The fourth-order valence-electron chi connectivity index (χ4n) is 3.19. The van der Waals surface area contributed by atoms with Crippen LogP contribution in [0.5, 0.6) is 0 Å². The van der Waals surface area contributed by atoms with E-state index in [2.05, 4.69) is 11.4 Å². The van der Waals surface area contributed by atoms with Crippen LogP contribution in [-0.4, -0.2) is 32.8 Å². The molecule has 2 aliphatic rings. The zero-order chi connectivity index (χ0) is 13.3. The second kappa shape index (κ2) is 4.94. The Balaban J connectivity index is 2.03. The van der Waals surface area contributed by atoms with Gasteiger partial charge in [-0.25, -0.2) is 4.79 Å². The van der Waals surface area contributed by atoms with Crippen molar-refractivity contribution in [1.82, 2.24) is 5.32 Å². The lowest BCUT2D eigenvalue weighted by Gasteiger charge is -2.42. The average Bonchev–Trinajstić information content (AvgIpc) is 2.47. The van der Waals surface area contributed by atoms with Gasteiger partial charge < -0.3 is 14.8 Å². The van der Waals surface area contributed by atoms with E-state index in [9.17, 15) is 4.79 Å². The summed E-state index contributed by atoms with van der Waals surface area (Å²) in [6, 6.07) is 5.88. The zero-order valence-electron chi connectivity index (χ0n) is 11.2. The first kappa shape index (κ1) is 12.6. The number of esters is 1. The maximum atomic E-state index is 11.7. The number of benzene rings is 1. The number of carbonyl (C=O) groups is 1. The number of nitrogens with one attached hydrogen (secondary N) is 1. The molecule has 1 aromatic carbocycles. The molecular weight excluding hydrogens is 242 g/mol. The lowest BCUT2D eigenvalue weighted by atomic mass is 9.76. The molecule has 1 aliphatic heterocycles. The van der Waals surface area contributed by atoms with E-state index in [-0.39, 0.29) is 11.5 Å². The monoisotopic (exact) mass is 261 g/mol. The topological polar surface area (TPSA) is 47.6 Å². The number of carbonyl (C=O) groups excluding carboxylic acids is 1. The summed E-state index contributed by atoms with van der Waals surface area (Å²) in [5, 5.41) is 3.60. The van der Waals surface area contributed by atoms with Crippen molar-refractivity contribution < 1.29 is 14.3 Å². The smallest absolute Gasteiger partial charge is 0.337 e. The molecule has 1 N–H and O–H groups in total. The molecule has 1 heterocycles. The second-order valence-electron chi connectivity index (χ2n) is 5.28. The highest BCUT2D eigenvalue weighted by atomic mass is 16.5. The first-order chi connectivity index (χ1) is 9.25. The van der Waals surface area contributed by atoms with Gasteiger partial charge in [-0.3, -0.25) is 0 Å². The summed E-state index contributed by atoms with van der Waals surface area (Å²) < 4.78 is 10.5. The van der Waals surface area contributed by atoms with Crippen molar-refractivity contribution in [2.24, 2.45) is 0 Å². The van der Waals surface area contributed by atoms with Gasteiger partial charge in [0.05, 0.1) is 31.4 Å². The quantitative estimate of drug-likeness (QED) is 0.780. The standard InChI is InChI=1S/C15H19NO3/c1-18-14(17)12-5-4-11-3-2-6-15(13(11)9-12)10-19-8-7-16-15/h4-5,9,16H,2-3,6-8,10H2,1H3/t15-/m0/s1. The predicted molar refractivity (Wildman–Crippen MR) is 71.2 cm³/mol. The minimum absolute atomic E-state index is 0.115. The molecule has 0 radical (unpaired) electrons. The molecule has 3 rings (SSSR count). The molecule has 4 nitrogen and oxygen atoms in total. The molecule has 0 saturated carbocycles. The number of methoxy groups -OCH3 is 1. The number of ether oxygens (including phenoxy) is 2. The molecule has 0 bridgehead atoms. The Morgan fingerprint density at radius 3 is 3.11 bits per heavy atom. The third-order valence-corrected chi connectivity index (χ3v) is 4.15. The van der Waals surface area contributed by atoms with Crippen LogP contribution in [0.1, 0.15) is 34.3 Å². The Morgan fingerprint density at radius 2 is 2.37 bits per heavy atom. The van der Waals surface area contributed by atoms with E-state index in [1.54, 1.807) is 0 Å². The molecule has 102 valence electrons. The van der Waals surface area contributed by atoms with Crippen molar-refractivity contribution in [2.75, 3.05) is 26.9 Å². The SMILES string of the molecule is COC(=O)c1ccc2c(c1)[C@]1(CCC2)COCCN1. The van der Waals surface area contributed by atoms with E-state index >= 15 is 0 Å². The summed E-state index contributed by atoms with van der Waals surface area (Å²) in [6.45, 7) is 2.31. The maximum Gasteiger partial charge on any atom is 0.337 e. The van der Waals surface area contributed by atoms with Crippen LogP contribution in [0.15, 0.2) is 18.2 Å². The van der Waals surface area contributed by atoms with Crippen LogP contribution in [-0.2, 0) is 21.4 Å². The van der Waals surface area contributed by atoms with Crippen LogP contribution in [0, 0.1) is 0 Å². The summed E-state index contributed by atoms with van der Waals surface area (Å²) in [6.07, 6.45) is 3.28. The number of fused-ring (bicyclic) bond motifs is 2. The van der Waals surface area contributed by atoms with E-state index in [1.165, 1.54) is 18.2 Å². The number of aryl methyl sites for hydroxylation is 1. The molecular formula is C15H19NO3. The third kappa shape index (κ3) is 2.15. The van der Waals surface area contributed by atoms with Gasteiger partial charge in [0.25, 0.3) is 0 Å². The molecule has 19 heavy (non-hydrogen) atoms. The van der Waals surface area contributed by atoms with Gasteiger partial charge in [-0.05, 0) is 42.5 Å². The second-order valence-corrected chi connectivity index (χ2v) is 5.28. The highest BCUT2D eigenvalue weighted by Crippen LogP contribution is 2.37. The Hall–Kier alpha value is -1.39. The van der Waals surface area contributed by atoms with Crippen LogP contribution >= 0.6 is 0 Å². The number of hydrogen-bond donors (Lipinski definition) is 1. The largest absolute Gasteiger partial charge is 0.465 e. The van der Waals surface area contributed by atoms with Crippen molar-refractivity contribution in [3.8, 4) is 0 Å². The molecule has 4 heteroatoms. The van der Waals surface area contributed by atoms with Crippen molar-refractivity contribution in [3.63, 3.8) is 0 Å². The van der Waals surface area contributed by atoms with Crippen LogP contribution in [0.4, 0.5) is 0 Å². The van der Waals surface area contributed by atoms with Gasteiger partial charge in [0.15, 0.2) is 0 Å². The number of rotatable bonds is 1. The Labute approximate surface area is 113 Å². The van der Waals surface area contributed by atoms with Crippen molar-refractivity contribution >= 4 is 5.97 Å². The molecule has 0 unspecified atom stereocenters. The van der Waals surface area contributed by atoms with Gasteiger partial charge in [-0.2, -0.15) is 0 Å².